The zero-order valence-electron chi connectivity index (χ0n) is 11.8. The maximum atomic E-state index is 6.03. The molecular weight excluding hydrogens is 270 g/mol. The van der Waals surface area contributed by atoms with E-state index in [4.69, 9.17) is 19.9 Å². The molecule has 2 aromatic rings. The molecule has 0 aliphatic carbocycles. The summed E-state index contributed by atoms with van der Waals surface area (Å²) in [5, 5.41) is 3.29. The third-order valence-electron chi connectivity index (χ3n) is 3.21. The molecule has 3 rings (SSSR count). The third kappa shape index (κ3) is 2.94. The van der Waals surface area contributed by atoms with Crippen LogP contribution in [0.1, 0.15) is 5.56 Å². The summed E-state index contributed by atoms with van der Waals surface area (Å²) < 4.78 is 16.2. The molecule has 0 spiro atoms. The predicted molar refractivity (Wildman–Crippen MR) is 80.0 cm³/mol. The van der Waals surface area contributed by atoms with Crippen molar-refractivity contribution in [2.75, 3.05) is 31.4 Å². The number of hydrogen-bond acceptors (Lipinski definition) is 6. The van der Waals surface area contributed by atoms with E-state index in [-0.39, 0.29) is 0 Å². The Kier molecular flexibility index (Phi) is 3.68. The first kappa shape index (κ1) is 13.4. The lowest BCUT2D eigenvalue weighted by molar-refractivity contribution is 0.172. The number of benzene rings is 1. The van der Waals surface area contributed by atoms with Crippen LogP contribution in [0.5, 0.6) is 17.4 Å². The molecule has 1 aromatic carbocycles. The molecule has 0 saturated carbocycles. The molecule has 0 atom stereocenters. The van der Waals surface area contributed by atoms with E-state index in [1.807, 2.05) is 18.2 Å². The number of anilines is 2. The van der Waals surface area contributed by atoms with E-state index < -0.39 is 0 Å². The summed E-state index contributed by atoms with van der Waals surface area (Å²) in [6, 6.07) is 7.44. The quantitative estimate of drug-likeness (QED) is 0.838. The smallest absolute Gasteiger partial charge is 0.213 e. The van der Waals surface area contributed by atoms with Gasteiger partial charge in [0, 0.05) is 30.9 Å². The molecular formula is C15H17N3O3. The predicted octanol–water partition coefficient (Wildman–Crippen LogP) is 2.06. The monoisotopic (exact) mass is 287 g/mol. The van der Waals surface area contributed by atoms with Gasteiger partial charge >= 0.3 is 0 Å². The second-order valence-corrected chi connectivity index (χ2v) is 4.64. The Balaban J connectivity index is 1.75. The van der Waals surface area contributed by atoms with Crippen molar-refractivity contribution in [1.29, 1.82) is 0 Å². The topological polar surface area (TPSA) is 78.6 Å². The molecule has 0 radical (unpaired) electrons. The summed E-state index contributed by atoms with van der Waals surface area (Å²) in [6.07, 6.45) is 1.71. The Morgan fingerprint density at radius 1 is 1.24 bits per heavy atom. The number of fused-ring (bicyclic) bond motifs is 1. The van der Waals surface area contributed by atoms with Gasteiger partial charge in [-0.1, -0.05) is 0 Å². The molecule has 0 bridgehead atoms. The second kappa shape index (κ2) is 5.78. The minimum atomic E-state index is 0.552. The molecule has 1 aliphatic heterocycles. The number of nitrogens with zero attached hydrogens (tertiary/aromatic N) is 1. The van der Waals surface area contributed by atoms with Crippen molar-refractivity contribution in [2.24, 2.45) is 0 Å². The zero-order chi connectivity index (χ0) is 14.7. The van der Waals surface area contributed by atoms with E-state index in [1.165, 1.54) is 0 Å². The van der Waals surface area contributed by atoms with Crippen LogP contribution in [0.2, 0.25) is 0 Å². The highest BCUT2D eigenvalue weighted by atomic mass is 16.6. The van der Waals surface area contributed by atoms with Gasteiger partial charge in [0.15, 0.2) is 11.5 Å². The molecule has 1 aliphatic rings. The van der Waals surface area contributed by atoms with Gasteiger partial charge in [-0.05, 0) is 11.6 Å². The van der Waals surface area contributed by atoms with Gasteiger partial charge in [0.25, 0.3) is 0 Å². The van der Waals surface area contributed by atoms with Gasteiger partial charge < -0.3 is 25.3 Å². The van der Waals surface area contributed by atoms with Gasteiger partial charge in [-0.2, -0.15) is 0 Å². The first-order valence-electron chi connectivity index (χ1n) is 6.68. The van der Waals surface area contributed by atoms with Crippen LogP contribution in [0, 0.1) is 0 Å². The molecule has 0 unspecified atom stereocenters. The lowest BCUT2D eigenvalue weighted by Crippen LogP contribution is -2.16. The van der Waals surface area contributed by atoms with Crippen LogP contribution in [0.25, 0.3) is 0 Å². The van der Waals surface area contributed by atoms with E-state index in [2.05, 4.69) is 10.3 Å². The van der Waals surface area contributed by atoms with Gasteiger partial charge in [0.1, 0.15) is 13.2 Å². The Morgan fingerprint density at radius 2 is 2.00 bits per heavy atom. The molecule has 0 saturated heterocycles. The van der Waals surface area contributed by atoms with Crippen molar-refractivity contribution in [2.45, 2.75) is 6.54 Å². The molecule has 110 valence electrons. The SMILES string of the molecule is COc1cc(CNc2cc3c(cc2N)OCCO3)ccn1. The van der Waals surface area contributed by atoms with Crippen molar-refractivity contribution >= 4 is 11.4 Å². The number of nitrogens with one attached hydrogen (secondary N) is 1. The summed E-state index contributed by atoms with van der Waals surface area (Å²) in [5.74, 6) is 1.99. The Bertz CT molecular complexity index is 646. The summed E-state index contributed by atoms with van der Waals surface area (Å²) >= 11 is 0. The number of nitrogens with two attached hydrogens (primary N) is 1. The van der Waals surface area contributed by atoms with Crippen LogP contribution >= 0.6 is 0 Å². The fourth-order valence-corrected chi connectivity index (χ4v) is 2.13. The lowest BCUT2D eigenvalue weighted by Gasteiger charge is -2.20. The van der Waals surface area contributed by atoms with Gasteiger partial charge in [-0.15, -0.1) is 0 Å². The highest BCUT2D eigenvalue weighted by molar-refractivity contribution is 5.72. The van der Waals surface area contributed by atoms with Gasteiger partial charge in [0.2, 0.25) is 5.88 Å². The van der Waals surface area contributed by atoms with Gasteiger partial charge in [-0.25, -0.2) is 4.98 Å². The number of pyridine rings is 1. The van der Waals surface area contributed by atoms with E-state index in [0.717, 1.165) is 11.3 Å². The highest BCUT2D eigenvalue weighted by Gasteiger charge is 2.14. The number of nitrogen functional groups attached to an aromatic ring is 1. The van der Waals surface area contributed by atoms with Crippen LogP contribution in [-0.2, 0) is 6.54 Å². The van der Waals surface area contributed by atoms with Crippen LogP contribution in [0.3, 0.4) is 0 Å². The number of ether oxygens (including phenoxy) is 3. The molecule has 21 heavy (non-hydrogen) atoms. The average molecular weight is 287 g/mol. The Labute approximate surface area is 122 Å². The number of hydrogen-bond donors (Lipinski definition) is 2. The first-order valence-corrected chi connectivity index (χ1v) is 6.68. The van der Waals surface area contributed by atoms with Crippen LogP contribution in [0.15, 0.2) is 30.5 Å². The average Bonchev–Trinajstić information content (AvgIpc) is 2.53. The number of methoxy groups -OCH3 is 1. The standard InChI is InChI=1S/C15H17N3O3/c1-19-15-6-10(2-3-17-15)9-18-12-8-14-13(7-11(12)16)20-4-5-21-14/h2-3,6-8,18H,4-5,9,16H2,1H3. The van der Waals surface area contributed by atoms with Crippen molar-refractivity contribution in [3.63, 3.8) is 0 Å². The molecule has 6 nitrogen and oxygen atoms in total. The zero-order valence-corrected chi connectivity index (χ0v) is 11.8. The van der Waals surface area contributed by atoms with E-state index in [0.29, 0.717) is 42.8 Å². The van der Waals surface area contributed by atoms with Crippen molar-refractivity contribution in [3.05, 3.63) is 36.0 Å². The molecule has 1 aromatic heterocycles. The summed E-state index contributed by atoms with van der Waals surface area (Å²) in [4.78, 5) is 4.08. The highest BCUT2D eigenvalue weighted by Crippen LogP contribution is 2.37. The van der Waals surface area contributed by atoms with Crippen LogP contribution in [0.4, 0.5) is 11.4 Å². The molecule has 0 fully saturated rings. The summed E-state index contributed by atoms with van der Waals surface area (Å²) in [6.45, 7) is 1.72. The van der Waals surface area contributed by atoms with E-state index in [9.17, 15) is 0 Å². The van der Waals surface area contributed by atoms with Crippen molar-refractivity contribution in [1.82, 2.24) is 4.98 Å². The van der Waals surface area contributed by atoms with Crippen molar-refractivity contribution in [3.8, 4) is 17.4 Å². The number of rotatable bonds is 4. The largest absolute Gasteiger partial charge is 0.486 e. The van der Waals surface area contributed by atoms with Gasteiger partial charge in [0.05, 0.1) is 18.5 Å². The lowest BCUT2D eigenvalue weighted by atomic mass is 10.2. The Hall–Kier alpha value is -2.63. The minimum absolute atomic E-state index is 0.552. The number of aromatic nitrogens is 1. The van der Waals surface area contributed by atoms with Gasteiger partial charge in [-0.3, -0.25) is 0 Å². The maximum absolute atomic E-state index is 6.03. The molecule has 0 amide bonds. The van der Waals surface area contributed by atoms with Crippen LogP contribution < -0.4 is 25.3 Å². The normalized spacial score (nSPS) is 12.8. The molecule has 2 heterocycles. The fraction of sp³-hybridized carbons (Fsp3) is 0.267. The first-order chi connectivity index (χ1) is 10.3. The molecule has 6 heteroatoms. The van der Waals surface area contributed by atoms with Crippen LogP contribution in [-0.4, -0.2) is 25.3 Å². The fourth-order valence-electron chi connectivity index (χ4n) is 2.13. The summed E-state index contributed by atoms with van der Waals surface area (Å²) in [7, 11) is 1.60. The Morgan fingerprint density at radius 3 is 2.76 bits per heavy atom. The maximum Gasteiger partial charge on any atom is 0.213 e. The summed E-state index contributed by atoms with van der Waals surface area (Å²) in [5.41, 5.74) is 8.52. The second-order valence-electron chi connectivity index (χ2n) is 4.64. The third-order valence-corrected chi connectivity index (χ3v) is 3.21. The molecule has 3 N–H and O–H groups in total. The van der Waals surface area contributed by atoms with E-state index >= 15 is 0 Å². The van der Waals surface area contributed by atoms with E-state index in [1.54, 1.807) is 19.4 Å². The minimum Gasteiger partial charge on any atom is -0.486 e. The van der Waals surface area contributed by atoms with Crippen molar-refractivity contribution < 1.29 is 14.2 Å².